The summed E-state index contributed by atoms with van der Waals surface area (Å²) in [5.41, 5.74) is 0.761. The van der Waals surface area contributed by atoms with Crippen molar-refractivity contribution in [3.05, 3.63) is 40.8 Å². The van der Waals surface area contributed by atoms with Crippen molar-refractivity contribution in [2.45, 2.75) is 25.5 Å². The average Bonchev–Trinajstić information content (AvgIpc) is 3.28. The zero-order chi connectivity index (χ0) is 14.8. The Morgan fingerprint density at radius 2 is 2.36 bits per heavy atom. The van der Waals surface area contributed by atoms with Crippen LogP contribution in [0.4, 0.5) is 5.82 Å². The Balaban J connectivity index is 1.61. The van der Waals surface area contributed by atoms with Gasteiger partial charge in [0.2, 0.25) is 0 Å². The number of anilines is 1. The van der Waals surface area contributed by atoms with Gasteiger partial charge in [-0.2, -0.15) is 4.52 Å². The van der Waals surface area contributed by atoms with Crippen LogP contribution in [0.25, 0.3) is 5.65 Å². The van der Waals surface area contributed by atoms with E-state index in [0.29, 0.717) is 6.10 Å². The van der Waals surface area contributed by atoms with Gasteiger partial charge in [0.05, 0.1) is 12.6 Å². The molecule has 1 fully saturated rings. The SMILES string of the molecule is c1csc(CN(CC2CCCO2)c2ccc3nncn3n2)c1. The predicted octanol–water partition coefficient (Wildman–Crippen LogP) is 2.37. The predicted molar refractivity (Wildman–Crippen MR) is 85.1 cm³/mol. The minimum Gasteiger partial charge on any atom is -0.376 e. The van der Waals surface area contributed by atoms with Crippen LogP contribution in [-0.2, 0) is 11.3 Å². The third-order valence-corrected chi connectivity index (χ3v) is 4.71. The molecular formula is C15H17N5OS. The van der Waals surface area contributed by atoms with Crippen LogP contribution in [0.1, 0.15) is 17.7 Å². The van der Waals surface area contributed by atoms with Gasteiger partial charge in [-0.05, 0) is 36.4 Å². The summed E-state index contributed by atoms with van der Waals surface area (Å²) in [5, 5.41) is 14.6. The van der Waals surface area contributed by atoms with Crippen molar-refractivity contribution in [2.75, 3.05) is 18.1 Å². The van der Waals surface area contributed by atoms with Gasteiger partial charge in [-0.1, -0.05) is 6.07 Å². The van der Waals surface area contributed by atoms with E-state index in [9.17, 15) is 0 Å². The number of hydrogen-bond acceptors (Lipinski definition) is 6. The average molecular weight is 315 g/mol. The largest absolute Gasteiger partial charge is 0.376 e. The Kier molecular flexibility index (Phi) is 3.74. The van der Waals surface area contributed by atoms with E-state index in [1.165, 1.54) is 4.88 Å². The highest BCUT2D eigenvalue weighted by Gasteiger charge is 2.21. The molecule has 0 radical (unpaired) electrons. The summed E-state index contributed by atoms with van der Waals surface area (Å²) in [4.78, 5) is 3.60. The topological polar surface area (TPSA) is 55.5 Å². The van der Waals surface area contributed by atoms with Crippen LogP contribution in [0.5, 0.6) is 0 Å². The summed E-state index contributed by atoms with van der Waals surface area (Å²) < 4.78 is 7.51. The lowest BCUT2D eigenvalue weighted by atomic mass is 10.2. The monoisotopic (exact) mass is 315 g/mol. The maximum Gasteiger partial charge on any atom is 0.177 e. The van der Waals surface area contributed by atoms with E-state index in [1.54, 1.807) is 22.2 Å². The lowest BCUT2D eigenvalue weighted by Gasteiger charge is -2.25. The zero-order valence-corrected chi connectivity index (χ0v) is 12.9. The molecule has 0 aliphatic carbocycles. The fourth-order valence-corrected chi connectivity index (χ4v) is 3.47. The first-order chi connectivity index (χ1) is 10.9. The highest BCUT2D eigenvalue weighted by atomic mass is 32.1. The standard InChI is InChI=1S/C15H17N5OS/c1-3-12(21-7-1)9-19(10-13-4-2-8-22-13)15-6-5-14-17-16-11-20(14)18-15/h2,4-6,8,11-12H,1,3,7,9-10H2. The number of fused-ring (bicyclic) bond motifs is 1. The highest BCUT2D eigenvalue weighted by Crippen LogP contribution is 2.21. The van der Waals surface area contributed by atoms with Gasteiger partial charge >= 0.3 is 0 Å². The highest BCUT2D eigenvalue weighted by molar-refractivity contribution is 7.09. The molecule has 1 saturated heterocycles. The van der Waals surface area contributed by atoms with Gasteiger partial charge in [-0.25, -0.2) is 0 Å². The minimum atomic E-state index is 0.290. The van der Waals surface area contributed by atoms with Crippen molar-refractivity contribution < 1.29 is 4.74 Å². The summed E-state index contributed by atoms with van der Waals surface area (Å²) in [5.74, 6) is 0.927. The second kappa shape index (κ2) is 6.02. The van der Waals surface area contributed by atoms with Crippen molar-refractivity contribution in [3.8, 4) is 0 Å². The van der Waals surface area contributed by atoms with Gasteiger partial charge < -0.3 is 9.64 Å². The number of aromatic nitrogens is 4. The Morgan fingerprint density at radius 3 is 3.18 bits per heavy atom. The summed E-state index contributed by atoms with van der Waals surface area (Å²) in [6.07, 6.45) is 4.19. The fourth-order valence-electron chi connectivity index (χ4n) is 2.75. The van der Waals surface area contributed by atoms with Gasteiger partial charge in [0, 0.05) is 18.0 Å². The maximum absolute atomic E-state index is 5.80. The number of hydrogen-bond donors (Lipinski definition) is 0. The molecular weight excluding hydrogens is 298 g/mol. The van der Waals surface area contributed by atoms with Crippen LogP contribution in [-0.4, -0.2) is 39.1 Å². The Bertz CT molecular complexity index is 735. The fraction of sp³-hybridized carbons (Fsp3) is 0.400. The Labute approximate surface area is 132 Å². The van der Waals surface area contributed by atoms with Crippen molar-refractivity contribution in [1.82, 2.24) is 19.8 Å². The quantitative estimate of drug-likeness (QED) is 0.723. The molecule has 0 aromatic carbocycles. The van der Waals surface area contributed by atoms with Crippen LogP contribution in [0, 0.1) is 0 Å². The van der Waals surface area contributed by atoms with Crippen LogP contribution in [0.3, 0.4) is 0 Å². The molecule has 22 heavy (non-hydrogen) atoms. The van der Waals surface area contributed by atoms with E-state index in [4.69, 9.17) is 4.74 Å². The molecule has 1 unspecified atom stereocenters. The van der Waals surface area contributed by atoms with Gasteiger partial charge in [-0.3, -0.25) is 0 Å². The molecule has 0 spiro atoms. The van der Waals surface area contributed by atoms with Crippen molar-refractivity contribution in [3.63, 3.8) is 0 Å². The molecule has 0 N–H and O–H groups in total. The van der Waals surface area contributed by atoms with Gasteiger partial charge in [0.1, 0.15) is 12.1 Å². The van der Waals surface area contributed by atoms with Crippen LogP contribution >= 0.6 is 11.3 Å². The Morgan fingerprint density at radius 1 is 1.36 bits per heavy atom. The normalized spacial score (nSPS) is 18.1. The smallest absolute Gasteiger partial charge is 0.177 e. The van der Waals surface area contributed by atoms with Crippen molar-refractivity contribution >= 4 is 22.8 Å². The zero-order valence-electron chi connectivity index (χ0n) is 12.1. The van der Waals surface area contributed by atoms with Gasteiger partial charge in [0.15, 0.2) is 5.65 Å². The van der Waals surface area contributed by atoms with Gasteiger partial charge in [-0.15, -0.1) is 26.6 Å². The molecule has 4 heterocycles. The molecule has 7 heteroatoms. The molecule has 3 aromatic rings. The van der Waals surface area contributed by atoms with E-state index < -0.39 is 0 Å². The summed E-state index contributed by atoms with van der Waals surface area (Å²) in [7, 11) is 0. The van der Waals surface area contributed by atoms with Gasteiger partial charge in [0.25, 0.3) is 0 Å². The van der Waals surface area contributed by atoms with Crippen LogP contribution in [0.2, 0.25) is 0 Å². The second-order valence-corrected chi connectivity index (χ2v) is 6.45. The minimum absolute atomic E-state index is 0.290. The molecule has 6 nitrogen and oxygen atoms in total. The first-order valence-electron chi connectivity index (χ1n) is 7.44. The Hall–Kier alpha value is -1.99. The van der Waals surface area contributed by atoms with E-state index in [1.807, 2.05) is 12.1 Å². The van der Waals surface area contributed by atoms with Crippen molar-refractivity contribution in [2.24, 2.45) is 0 Å². The molecule has 3 aromatic heterocycles. The maximum atomic E-state index is 5.80. The summed E-state index contributed by atoms with van der Waals surface area (Å²) >= 11 is 1.77. The molecule has 1 aliphatic rings. The second-order valence-electron chi connectivity index (χ2n) is 5.42. The molecule has 0 amide bonds. The molecule has 114 valence electrons. The third kappa shape index (κ3) is 2.82. The van der Waals surface area contributed by atoms with Crippen LogP contribution in [0.15, 0.2) is 36.0 Å². The lowest BCUT2D eigenvalue weighted by Crippen LogP contribution is -2.32. The summed E-state index contributed by atoms with van der Waals surface area (Å²) in [6, 6.07) is 8.20. The molecule has 0 saturated carbocycles. The number of nitrogens with zero attached hydrogens (tertiary/aromatic N) is 5. The van der Waals surface area contributed by atoms with E-state index >= 15 is 0 Å². The van der Waals surface area contributed by atoms with E-state index in [-0.39, 0.29) is 0 Å². The van der Waals surface area contributed by atoms with E-state index in [2.05, 4.69) is 37.7 Å². The summed E-state index contributed by atoms with van der Waals surface area (Å²) in [6.45, 7) is 2.58. The molecule has 0 bridgehead atoms. The first kappa shape index (κ1) is 13.7. The van der Waals surface area contributed by atoms with E-state index in [0.717, 1.165) is 44.0 Å². The number of rotatable bonds is 5. The number of ether oxygens (including phenoxy) is 1. The molecule has 1 aliphatic heterocycles. The third-order valence-electron chi connectivity index (χ3n) is 3.85. The molecule has 4 rings (SSSR count). The number of thiophene rings is 1. The molecule has 1 atom stereocenters. The first-order valence-corrected chi connectivity index (χ1v) is 8.32. The van der Waals surface area contributed by atoms with Crippen molar-refractivity contribution in [1.29, 1.82) is 0 Å². The van der Waals surface area contributed by atoms with Crippen LogP contribution < -0.4 is 4.90 Å². The lowest BCUT2D eigenvalue weighted by molar-refractivity contribution is 0.115.